The van der Waals surface area contributed by atoms with E-state index in [1.807, 2.05) is 0 Å². The molecule has 0 radical (unpaired) electrons. The number of benzene rings is 2. The predicted octanol–water partition coefficient (Wildman–Crippen LogP) is 3.14. The molecule has 2 aromatic rings. The van der Waals surface area contributed by atoms with Crippen LogP contribution in [0.15, 0.2) is 36.4 Å². The third-order valence-electron chi connectivity index (χ3n) is 4.63. The molecular weight excluding hydrogens is 351 g/mol. The number of hydrogen-bond donors (Lipinski definition) is 1. The van der Waals surface area contributed by atoms with Gasteiger partial charge in [-0.3, -0.25) is 9.59 Å². The lowest BCUT2D eigenvalue weighted by atomic mass is 10.1. The highest BCUT2D eigenvalue weighted by atomic mass is 19.1. The van der Waals surface area contributed by atoms with Gasteiger partial charge in [-0.15, -0.1) is 0 Å². The lowest BCUT2D eigenvalue weighted by Crippen LogP contribution is -2.28. The average molecular weight is 372 g/mol. The van der Waals surface area contributed by atoms with Crippen molar-refractivity contribution in [2.75, 3.05) is 31.0 Å². The minimum atomic E-state index is -0.534. The molecule has 0 bridgehead atoms. The molecule has 27 heavy (non-hydrogen) atoms. The zero-order valence-electron chi connectivity index (χ0n) is 15.4. The van der Waals surface area contributed by atoms with E-state index >= 15 is 0 Å². The van der Waals surface area contributed by atoms with Crippen molar-refractivity contribution in [1.29, 1.82) is 0 Å². The van der Waals surface area contributed by atoms with E-state index in [1.54, 1.807) is 44.4 Å². The summed E-state index contributed by atoms with van der Waals surface area (Å²) in [6, 6.07) is 9.67. The number of amides is 2. The van der Waals surface area contributed by atoms with Gasteiger partial charge in [0.1, 0.15) is 17.3 Å². The quantitative estimate of drug-likeness (QED) is 0.876. The van der Waals surface area contributed by atoms with Crippen LogP contribution in [-0.2, 0) is 9.59 Å². The van der Waals surface area contributed by atoms with E-state index in [4.69, 9.17) is 9.47 Å². The van der Waals surface area contributed by atoms with Gasteiger partial charge in [-0.25, -0.2) is 4.39 Å². The molecule has 0 spiro atoms. The van der Waals surface area contributed by atoms with Crippen LogP contribution >= 0.6 is 0 Å². The molecule has 3 rings (SSSR count). The fourth-order valence-corrected chi connectivity index (χ4v) is 3.02. The SMILES string of the molecule is COc1ccc(NC(=O)[C@@H]2CC(=O)N(c3ccc(C)c(F)c3)C2)c(OC)c1. The maximum atomic E-state index is 13.8. The first-order valence-electron chi connectivity index (χ1n) is 8.52. The molecule has 0 aromatic heterocycles. The summed E-state index contributed by atoms with van der Waals surface area (Å²) in [6.45, 7) is 1.86. The summed E-state index contributed by atoms with van der Waals surface area (Å²) in [5.41, 5.74) is 1.46. The smallest absolute Gasteiger partial charge is 0.229 e. The Balaban J connectivity index is 1.73. The Hall–Kier alpha value is -3.09. The maximum absolute atomic E-state index is 13.8. The number of nitrogens with zero attached hydrogens (tertiary/aromatic N) is 1. The summed E-state index contributed by atoms with van der Waals surface area (Å²) in [6.07, 6.45) is 0.0692. The number of halogens is 1. The monoisotopic (exact) mass is 372 g/mol. The van der Waals surface area contributed by atoms with Crippen LogP contribution in [0.25, 0.3) is 0 Å². The van der Waals surface area contributed by atoms with Crippen LogP contribution < -0.4 is 19.7 Å². The number of anilines is 2. The number of ether oxygens (including phenoxy) is 2. The Morgan fingerprint density at radius 1 is 1.19 bits per heavy atom. The number of methoxy groups -OCH3 is 2. The van der Waals surface area contributed by atoms with E-state index < -0.39 is 5.92 Å². The average Bonchev–Trinajstić information content (AvgIpc) is 3.06. The first-order chi connectivity index (χ1) is 12.9. The van der Waals surface area contributed by atoms with Crippen molar-refractivity contribution in [2.24, 2.45) is 5.92 Å². The zero-order valence-corrected chi connectivity index (χ0v) is 15.4. The third-order valence-corrected chi connectivity index (χ3v) is 4.63. The van der Waals surface area contributed by atoms with Gasteiger partial charge in [-0.1, -0.05) is 6.07 Å². The molecule has 0 unspecified atom stereocenters. The van der Waals surface area contributed by atoms with Crippen LogP contribution in [-0.4, -0.2) is 32.6 Å². The Morgan fingerprint density at radius 2 is 1.96 bits per heavy atom. The van der Waals surface area contributed by atoms with Crippen molar-refractivity contribution in [2.45, 2.75) is 13.3 Å². The van der Waals surface area contributed by atoms with Crippen LogP contribution in [0.4, 0.5) is 15.8 Å². The van der Waals surface area contributed by atoms with Gasteiger partial charge in [0.25, 0.3) is 0 Å². The van der Waals surface area contributed by atoms with E-state index in [-0.39, 0.29) is 30.6 Å². The van der Waals surface area contributed by atoms with E-state index in [0.29, 0.717) is 28.4 Å². The van der Waals surface area contributed by atoms with Crippen molar-refractivity contribution in [3.63, 3.8) is 0 Å². The molecule has 1 aliphatic heterocycles. The van der Waals surface area contributed by atoms with Crippen molar-refractivity contribution < 1.29 is 23.5 Å². The predicted molar refractivity (Wildman–Crippen MR) is 99.8 cm³/mol. The molecule has 1 atom stereocenters. The second-order valence-electron chi connectivity index (χ2n) is 6.39. The number of rotatable bonds is 5. The number of nitrogens with one attached hydrogen (secondary N) is 1. The molecular formula is C20H21FN2O4. The molecule has 2 amide bonds. The molecule has 1 heterocycles. The highest BCUT2D eigenvalue weighted by molar-refractivity contribution is 6.04. The normalized spacial score (nSPS) is 16.4. The van der Waals surface area contributed by atoms with E-state index in [2.05, 4.69) is 5.32 Å². The zero-order chi connectivity index (χ0) is 19.6. The van der Waals surface area contributed by atoms with Gasteiger partial charge in [-0.05, 0) is 36.8 Å². The minimum absolute atomic E-state index is 0.0692. The summed E-state index contributed by atoms with van der Waals surface area (Å²) in [4.78, 5) is 26.4. The van der Waals surface area contributed by atoms with Crippen molar-refractivity contribution in [1.82, 2.24) is 0 Å². The summed E-state index contributed by atoms with van der Waals surface area (Å²) in [5, 5.41) is 2.80. The van der Waals surface area contributed by atoms with Crippen molar-refractivity contribution in [3.05, 3.63) is 47.8 Å². The summed E-state index contributed by atoms with van der Waals surface area (Å²) >= 11 is 0. The number of hydrogen-bond acceptors (Lipinski definition) is 4. The van der Waals surface area contributed by atoms with Gasteiger partial charge in [0.15, 0.2) is 0 Å². The van der Waals surface area contributed by atoms with E-state index in [0.717, 1.165) is 0 Å². The molecule has 1 N–H and O–H groups in total. The van der Waals surface area contributed by atoms with E-state index in [1.165, 1.54) is 18.1 Å². The second-order valence-corrected chi connectivity index (χ2v) is 6.39. The van der Waals surface area contributed by atoms with Crippen LogP contribution in [0.2, 0.25) is 0 Å². The summed E-state index contributed by atoms with van der Waals surface area (Å²) in [5.74, 6) is -0.343. The van der Waals surface area contributed by atoms with Gasteiger partial charge in [0, 0.05) is 24.7 Å². The van der Waals surface area contributed by atoms with Crippen molar-refractivity contribution in [3.8, 4) is 11.5 Å². The van der Waals surface area contributed by atoms with Crippen LogP contribution in [0.1, 0.15) is 12.0 Å². The molecule has 1 aliphatic rings. The minimum Gasteiger partial charge on any atom is -0.497 e. The highest BCUT2D eigenvalue weighted by Crippen LogP contribution is 2.31. The topological polar surface area (TPSA) is 67.9 Å². The Morgan fingerprint density at radius 3 is 2.63 bits per heavy atom. The molecule has 7 heteroatoms. The van der Waals surface area contributed by atoms with E-state index in [9.17, 15) is 14.0 Å². The fraction of sp³-hybridized carbons (Fsp3) is 0.300. The highest BCUT2D eigenvalue weighted by Gasteiger charge is 2.35. The molecule has 6 nitrogen and oxygen atoms in total. The lowest BCUT2D eigenvalue weighted by Gasteiger charge is -2.18. The largest absolute Gasteiger partial charge is 0.497 e. The molecule has 1 fully saturated rings. The van der Waals surface area contributed by atoms with Crippen LogP contribution in [0, 0.1) is 18.7 Å². The first-order valence-corrected chi connectivity index (χ1v) is 8.52. The molecule has 142 valence electrons. The second kappa shape index (κ2) is 7.65. The van der Waals surface area contributed by atoms with Gasteiger partial charge in [0.05, 0.1) is 25.8 Å². The Kier molecular flexibility index (Phi) is 5.30. The molecule has 0 aliphatic carbocycles. The molecule has 2 aromatic carbocycles. The first kappa shape index (κ1) is 18.7. The number of carbonyl (C=O) groups excluding carboxylic acids is 2. The van der Waals surface area contributed by atoms with Gasteiger partial charge < -0.3 is 19.7 Å². The van der Waals surface area contributed by atoms with Crippen LogP contribution in [0.5, 0.6) is 11.5 Å². The third kappa shape index (κ3) is 3.86. The maximum Gasteiger partial charge on any atom is 0.229 e. The Labute approximate surface area is 156 Å². The molecule has 1 saturated heterocycles. The Bertz CT molecular complexity index is 884. The number of aryl methyl sites for hydroxylation is 1. The van der Waals surface area contributed by atoms with Crippen LogP contribution in [0.3, 0.4) is 0 Å². The number of carbonyl (C=O) groups is 2. The standard InChI is InChI=1S/C20H21FN2O4/c1-12-4-5-14(9-16(12)21)23-11-13(8-19(23)24)20(25)22-17-7-6-15(26-2)10-18(17)27-3/h4-7,9-10,13H,8,11H2,1-3H3,(H,22,25)/t13-/m1/s1. The fourth-order valence-electron chi connectivity index (χ4n) is 3.02. The van der Waals surface area contributed by atoms with Gasteiger partial charge >= 0.3 is 0 Å². The van der Waals surface area contributed by atoms with Gasteiger partial charge in [0.2, 0.25) is 11.8 Å². The summed E-state index contributed by atoms with van der Waals surface area (Å²) < 4.78 is 24.2. The van der Waals surface area contributed by atoms with Gasteiger partial charge in [-0.2, -0.15) is 0 Å². The summed E-state index contributed by atoms with van der Waals surface area (Å²) in [7, 11) is 3.04. The van der Waals surface area contributed by atoms with Crippen molar-refractivity contribution >= 4 is 23.2 Å². The molecule has 0 saturated carbocycles. The lowest BCUT2D eigenvalue weighted by molar-refractivity contribution is -0.122.